The van der Waals surface area contributed by atoms with Gasteiger partial charge in [0.1, 0.15) is 0 Å². The van der Waals surface area contributed by atoms with Crippen molar-refractivity contribution in [1.29, 1.82) is 0 Å². The smallest absolute Gasteiger partial charge is 0.0622 e. The fraction of sp³-hybridized carbons (Fsp3) is 0.405. The van der Waals surface area contributed by atoms with Gasteiger partial charge in [0.15, 0.2) is 0 Å². The Morgan fingerprint density at radius 2 is 0.463 bits per heavy atom. The first kappa shape index (κ1) is 88.0. The number of hydrogen-bond acceptors (Lipinski definition) is 0. The molecule has 642 valence electrons. The molecule has 0 amide bonds. The fourth-order valence-electron chi connectivity index (χ4n) is 16.4. The molecule has 12 aromatic rings. The lowest BCUT2D eigenvalue weighted by molar-refractivity contribution is 0.562. The molecule has 0 spiro atoms. The molecule has 0 saturated heterocycles. The van der Waals surface area contributed by atoms with Crippen LogP contribution in [0.1, 0.15) is 371 Å². The van der Waals surface area contributed by atoms with Gasteiger partial charge in [0.2, 0.25) is 0 Å². The maximum absolute atomic E-state index is 8.33. The van der Waals surface area contributed by atoms with E-state index in [1.54, 1.807) is 22.3 Å². The Hall–Kier alpha value is -9.36. The van der Waals surface area contributed by atoms with Crippen LogP contribution in [-0.4, -0.2) is 0 Å². The first-order chi connectivity index (χ1) is 59.0. The largest absolute Gasteiger partial charge is 0.0626 e. The second kappa shape index (κ2) is 42.1. The van der Waals surface area contributed by atoms with Crippen molar-refractivity contribution in [2.75, 3.05) is 0 Å². The molecular formula is C121H158. The minimum absolute atomic E-state index is 0.0530. The molecule has 0 heteroatoms. The summed E-state index contributed by atoms with van der Waals surface area (Å²) in [5.41, 5.74) is 34.6. The zero-order valence-corrected chi connectivity index (χ0v) is 81.6. The van der Waals surface area contributed by atoms with Crippen molar-refractivity contribution in [3.63, 3.8) is 0 Å². The minimum Gasteiger partial charge on any atom is -0.0622 e. The lowest BCUT2D eigenvalue weighted by atomic mass is 9.74. The van der Waals surface area contributed by atoms with Crippen molar-refractivity contribution in [1.82, 2.24) is 0 Å². The Bertz CT molecular complexity index is 5450. The van der Waals surface area contributed by atoms with E-state index in [2.05, 4.69) is 424 Å². The van der Waals surface area contributed by atoms with Crippen LogP contribution in [0.25, 0.3) is 66.8 Å². The Morgan fingerprint density at radius 1 is 0.198 bits per heavy atom. The quantitative estimate of drug-likeness (QED) is 0.135. The lowest BCUT2D eigenvalue weighted by Gasteiger charge is -2.31. The third kappa shape index (κ3) is 26.8. The van der Waals surface area contributed by atoms with E-state index in [1.165, 1.54) is 100 Å². The van der Waals surface area contributed by atoms with Gasteiger partial charge in [-0.1, -0.05) is 515 Å². The Morgan fingerprint density at radius 3 is 0.752 bits per heavy atom. The van der Waals surface area contributed by atoms with Gasteiger partial charge >= 0.3 is 0 Å². The van der Waals surface area contributed by atoms with Crippen molar-refractivity contribution < 1.29 is 9.60 Å². The monoisotopic (exact) mass is 1620 g/mol. The average Bonchev–Trinajstić information content (AvgIpc) is 0.743. The second-order valence-corrected chi connectivity index (χ2v) is 42.4. The molecule has 0 bridgehead atoms. The van der Waals surface area contributed by atoms with E-state index in [4.69, 9.17) is 9.60 Å². The van der Waals surface area contributed by atoms with Gasteiger partial charge in [-0.2, -0.15) is 0 Å². The molecule has 0 heterocycles. The number of benzene rings is 12. The van der Waals surface area contributed by atoms with Crippen molar-refractivity contribution in [3.05, 3.63) is 357 Å². The highest BCUT2D eigenvalue weighted by molar-refractivity contribution is 6.03. The van der Waals surface area contributed by atoms with Crippen LogP contribution >= 0.6 is 0 Å². The molecule has 0 aliphatic heterocycles. The number of rotatable bonds is 9. The summed E-state index contributed by atoms with van der Waals surface area (Å²) in [6.45, 7) is 77.0. The Kier molecular flexibility index (Phi) is 30.6. The molecular weight excluding hydrogens is 1450 g/mol. The summed E-state index contributed by atoms with van der Waals surface area (Å²) >= 11 is 0. The summed E-state index contributed by atoms with van der Waals surface area (Å²) in [7, 11) is 0. The third-order valence-corrected chi connectivity index (χ3v) is 22.6. The Balaban J connectivity index is 0.000000208. The van der Waals surface area contributed by atoms with E-state index in [0.29, 0.717) is 40.6 Å². The van der Waals surface area contributed by atoms with E-state index < -0.39 is 17.2 Å². The molecule has 0 saturated carbocycles. The van der Waals surface area contributed by atoms with Gasteiger partial charge in [0.25, 0.3) is 0 Å². The SMILES string of the molecule is CC(C)(C)c1c(-c2ccccc2)cccc1-c1ccccc1.CC(C)(C)c1ccc2c(c1)-c1ccccc1-c1ccccc1-c1ccccc1-2.CC(C)(C)c1ccccc1.CC(C)c1cc(C(C)C)c(C(C)(C)C)c(C(C)C)c1.CC(C)c1cccc(C(C)C)c1C(C)(C)C.[2H]C(C)(C)c1cccc(C([2H])(C)C)c1C(C)(C)C.[2H]c1c([2H])c([2H])c(C(C)(C)C)c([2H])c1[2H]. The van der Waals surface area contributed by atoms with Gasteiger partial charge < -0.3 is 0 Å². The molecule has 12 aromatic carbocycles. The van der Waals surface area contributed by atoms with E-state index in [9.17, 15) is 0 Å². The topological polar surface area (TPSA) is 0 Å². The fourth-order valence-corrected chi connectivity index (χ4v) is 16.4. The molecule has 0 aromatic heterocycles. The zero-order valence-electron chi connectivity index (χ0n) is 88.6. The van der Waals surface area contributed by atoms with Crippen LogP contribution in [0, 0.1) is 0 Å². The first-order valence-electron chi connectivity index (χ1n) is 48.3. The predicted molar refractivity (Wildman–Crippen MR) is 541 cm³/mol. The minimum atomic E-state index is -0.635. The summed E-state index contributed by atoms with van der Waals surface area (Å²) in [5, 5.41) is 0. The van der Waals surface area contributed by atoms with Gasteiger partial charge in [-0.3, -0.25) is 0 Å². The van der Waals surface area contributed by atoms with E-state index >= 15 is 0 Å². The molecule has 0 radical (unpaired) electrons. The standard InChI is InChI=1S/C28H24.C22H22.C19H32.2C16H26.2C10H14/c1-28(2,3)19-16-17-26-24-14-7-6-12-22(24)20-10-4-5-11-21(20)23-13-8-9-15-25(23)27(26)18-19;1-22(2,3)21-19(17-11-6-4-7-12-17)15-10-16-20(21)18-13-8-5-9-14-18;1-12(2)15-10-16(13(3)4)18(19(7,8)9)17(11-15)14(5)6;2*1-11(2)13-9-8-10-14(12(3)4)15(13)16(5,6)7;2*1-10(2,3)9-7-5-4-6-8-9/h4-18H,1-3H3;4-16H,1-3H3;10-14H,1-9H3;2*8-12H,1-7H3;2*4-8H,1-3H3/i;;;11D,12D;;4D,5D,6D,7D,8D;. The number of hydrogen-bond donors (Lipinski definition) is 0. The van der Waals surface area contributed by atoms with Crippen molar-refractivity contribution in [3.8, 4) is 66.8 Å². The van der Waals surface area contributed by atoms with Crippen molar-refractivity contribution in [2.24, 2.45) is 0 Å². The highest BCUT2D eigenvalue weighted by Crippen LogP contribution is 2.50. The average molecular weight is 1620 g/mol. The van der Waals surface area contributed by atoms with Crippen LogP contribution < -0.4 is 0 Å². The lowest BCUT2D eigenvalue weighted by Crippen LogP contribution is -2.19. The normalized spacial score (nSPS) is 13.1. The molecule has 0 nitrogen and oxygen atoms in total. The van der Waals surface area contributed by atoms with Crippen LogP contribution in [0.2, 0.25) is 0 Å². The Labute approximate surface area is 750 Å². The van der Waals surface area contributed by atoms with Crippen LogP contribution in [0.3, 0.4) is 0 Å². The van der Waals surface area contributed by atoms with Crippen LogP contribution in [0.15, 0.2) is 279 Å². The third-order valence-electron chi connectivity index (χ3n) is 22.6. The zero-order chi connectivity index (χ0) is 96.3. The van der Waals surface area contributed by atoms with Gasteiger partial charge in [-0.15, -0.1) is 0 Å². The van der Waals surface area contributed by atoms with Gasteiger partial charge in [0, 0.05) is 2.74 Å². The highest BCUT2D eigenvalue weighted by Gasteiger charge is 2.30. The van der Waals surface area contributed by atoms with Crippen molar-refractivity contribution >= 4 is 0 Å². The second-order valence-electron chi connectivity index (χ2n) is 42.4. The predicted octanol–water partition coefficient (Wildman–Crippen LogP) is 37.1. The van der Waals surface area contributed by atoms with Gasteiger partial charge in [-0.05, 0) is 230 Å². The summed E-state index contributed by atoms with van der Waals surface area (Å²) < 4.78 is 54.6. The number of fused-ring (bicyclic) bond motifs is 8. The van der Waals surface area contributed by atoms with Crippen molar-refractivity contribution in [2.45, 2.75) is 322 Å². The van der Waals surface area contributed by atoms with Crippen LogP contribution in [-0.2, 0) is 37.9 Å². The molecule has 13 rings (SSSR count). The molecule has 0 fully saturated rings. The van der Waals surface area contributed by atoms with Crippen LogP contribution in [0.5, 0.6) is 0 Å². The first-order valence-corrected chi connectivity index (χ1v) is 44.8. The highest BCUT2D eigenvalue weighted by atomic mass is 14.3. The van der Waals surface area contributed by atoms with Crippen LogP contribution in [0.4, 0.5) is 0 Å². The molecule has 1 aliphatic rings. The maximum atomic E-state index is 8.33. The summed E-state index contributed by atoms with van der Waals surface area (Å²) in [6.07, 6.45) is 0. The van der Waals surface area contributed by atoms with E-state index in [0.717, 1.165) is 16.7 Å². The summed E-state index contributed by atoms with van der Waals surface area (Å²) in [4.78, 5) is 0. The van der Waals surface area contributed by atoms with Gasteiger partial charge in [0.05, 0.1) is 6.85 Å². The van der Waals surface area contributed by atoms with E-state index in [-0.39, 0.29) is 57.3 Å². The molecule has 0 unspecified atom stereocenters. The van der Waals surface area contributed by atoms with Gasteiger partial charge in [-0.25, -0.2) is 0 Å². The molecule has 1 aliphatic carbocycles. The summed E-state index contributed by atoms with van der Waals surface area (Å²) in [6, 6.07) is 88.6. The molecule has 121 heavy (non-hydrogen) atoms. The maximum Gasteiger partial charge on any atom is 0.0626 e. The summed E-state index contributed by atoms with van der Waals surface area (Å²) in [5.74, 6) is 1.72. The van der Waals surface area contributed by atoms with E-state index in [1.807, 2.05) is 66.7 Å². The molecule has 0 atom stereocenters. The molecule has 0 N–H and O–H groups in total.